The molecule has 0 spiro atoms. The average Bonchev–Trinajstić information content (AvgIpc) is 2.84. The normalized spacial score (nSPS) is 20.6. The molecule has 6 heteroatoms. The topological polar surface area (TPSA) is 46.3 Å². The van der Waals surface area contributed by atoms with Gasteiger partial charge in [-0.2, -0.15) is 13.2 Å². The summed E-state index contributed by atoms with van der Waals surface area (Å²) in [7, 11) is 0. The van der Waals surface area contributed by atoms with E-state index in [4.69, 9.17) is 5.73 Å². The van der Waals surface area contributed by atoms with E-state index in [1.807, 2.05) is 0 Å². The van der Waals surface area contributed by atoms with Crippen molar-refractivity contribution < 1.29 is 18.0 Å². The molecule has 0 radical (unpaired) electrons. The quantitative estimate of drug-likeness (QED) is 0.932. The molecule has 0 bridgehead atoms. The monoisotopic (exact) mass is 300 g/mol. The Kier molecular flexibility index (Phi) is 4.56. The van der Waals surface area contributed by atoms with Crippen LogP contribution in [0.1, 0.15) is 24.5 Å². The third-order valence-corrected chi connectivity index (χ3v) is 3.78. The molecule has 2 atom stereocenters. The number of rotatable bonds is 3. The van der Waals surface area contributed by atoms with E-state index in [9.17, 15) is 18.0 Å². The highest BCUT2D eigenvalue weighted by molar-refractivity contribution is 5.79. The van der Waals surface area contributed by atoms with Crippen LogP contribution in [0.5, 0.6) is 0 Å². The molecule has 3 nitrogen and oxygen atoms in total. The zero-order valence-corrected chi connectivity index (χ0v) is 11.9. The maximum Gasteiger partial charge on any atom is 0.416 e. The lowest BCUT2D eigenvalue weighted by Crippen LogP contribution is -2.36. The summed E-state index contributed by atoms with van der Waals surface area (Å²) in [6.07, 6.45) is -3.09. The number of benzene rings is 1. The number of carbonyl (C=O) groups excluding carboxylic acids is 1. The van der Waals surface area contributed by atoms with Gasteiger partial charge in [0.25, 0.3) is 0 Å². The van der Waals surface area contributed by atoms with E-state index in [-0.39, 0.29) is 17.9 Å². The second-order valence-corrected chi connectivity index (χ2v) is 5.63. The number of hydrogen-bond acceptors (Lipinski definition) is 2. The van der Waals surface area contributed by atoms with E-state index in [2.05, 4.69) is 0 Å². The number of nitrogens with two attached hydrogens (primary N) is 1. The molecule has 0 aromatic heterocycles. The van der Waals surface area contributed by atoms with Crippen molar-refractivity contribution in [2.75, 3.05) is 13.1 Å². The summed E-state index contributed by atoms with van der Waals surface area (Å²) in [6, 6.07) is 5.01. The molecule has 116 valence electrons. The van der Waals surface area contributed by atoms with E-state index >= 15 is 0 Å². The third kappa shape index (κ3) is 3.97. The summed E-state index contributed by atoms with van der Waals surface area (Å²) in [5, 5.41) is 0. The molecule has 1 saturated heterocycles. The molecule has 1 aromatic carbocycles. The smallest absolute Gasteiger partial charge is 0.341 e. The fourth-order valence-electron chi connectivity index (χ4n) is 2.57. The SMILES string of the molecule is CC(Cc1ccc(C(F)(F)F)cc1)C(=O)N1CC[C@@H](N)C1. The summed E-state index contributed by atoms with van der Waals surface area (Å²) in [5.74, 6) is -0.241. The molecular formula is C15H19F3N2O. The summed E-state index contributed by atoms with van der Waals surface area (Å²) in [6.45, 7) is 3.03. The van der Waals surface area contributed by atoms with Gasteiger partial charge in [0.05, 0.1) is 5.56 Å². The van der Waals surface area contributed by atoms with Gasteiger partial charge in [-0.15, -0.1) is 0 Å². The molecule has 1 fully saturated rings. The Balaban J connectivity index is 1.96. The number of alkyl halides is 3. The minimum atomic E-state index is -4.33. The zero-order chi connectivity index (χ0) is 15.6. The van der Waals surface area contributed by atoms with Gasteiger partial charge < -0.3 is 10.6 Å². The summed E-state index contributed by atoms with van der Waals surface area (Å²) in [4.78, 5) is 13.9. The van der Waals surface area contributed by atoms with Crippen molar-refractivity contribution >= 4 is 5.91 Å². The molecule has 1 aliphatic heterocycles. The minimum absolute atomic E-state index is 0.0165. The van der Waals surface area contributed by atoms with Gasteiger partial charge in [-0.25, -0.2) is 0 Å². The largest absolute Gasteiger partial charge is 0.416 e. The molecule has 1 aliphatic rings. The second kappa shape index (κ2) is 6.05. The first-order chi connectivity index (χ1) is 9.77. The molecule has 21 heavy (non-hydrogen) atoms. The average molecular weight is 300 g/mol. The summed E-state index contributed by atoms with van der Waals surface area (Å²) in [5.41, 5.74) is 5.83. The molecule has 2 N–H and O–H groups in total. The fourth-order valence-corrected chi connectivity index (χ4v) is 2.57. The Morgan fingerprint density at radius 3 is 2.48 bits per heavy atom. The standard InChI is InChI=1S/C15H19F3N2O/c1-10(14(21)20-7-6-13(19)9-20)8-11-2-4-12(5-3-11)15(16,17)18/h2-5,10,13H,6-9,19H2,1H3/t10?,13-/m1/s1. The first-order valence-electron chi connectivity index (χ1n) is 6.98. The van der Waals surface area contributed by atoms with Crippen molar-refractivity contribution in [1.29, 1.82) is 0 Å². The molecule has 0 saturated carbocycles. The van der Waals surface area contributed by atoms with E-state index < -0.39 is 11.7 Å². The van der Waals surface area contributed by atoms with Crippen LogP contribution in [0.2, 0.25) is 0 Å². The van der Waals surface area contributed by atoms with Gasteiger partial charge in [0.2, 0.25) is 5.91 Å². The van der Waals surface area contributed by atoms with Crippen molar-refractivity contribution in [3.8, 4) is 0 Å². The molecule has 1 aromatic rings. The third-order valence-electron chi connectivity index (χ3n) is 3.78. The van der Waals surface area contributed by atoms with Crippen molar-refractivity contribution in [2.45, 2.75) is 32.0 Å². The lowest BCUT2D eigenvalue weighted by Gasteiger charge is -2.20. The molecular weight excluding hydrogens is 281 g/mol. The van der Waals surface area contributed by atoms with Crippen LogP contribution in [0.4, 0.5) is 13.2 Å². The maximum atomic E-state index is 12.5. The first kappa shape index (κ1) is 15.8. The number of amides is 1. The minimum Gasteiger partial charge on any atom is -0.341 e. The van der Waals surface area contributed by atoms with Gasteiger partial charge in [-0.3, -0.25) is 4.79 Å². The van der Waals surface area contributed by atoms with Gasteiger partial charge in [0.1, 0.15) is 0 Å². The van der Waals surface area contributed by atoms with Crippen molar-refractivity contribution in [2.24, 2.45) is 11.7 Å². The van der Waals surface area contributed by atoms with Gasteiger partial charge in [0, 0.05) is 25.0 Å². The van der Waals surface area contributed by atoms with Crippen molar-refractivity contribution in [1.82, 2.24) is 4.90 Å². The highest BCUT2D eigenvalue weighted by Crippen LogP contribution is 2.29. The number of carbonyl (C=O) groups is 1. The van der Waals surface area contributed by atoms with Gasteiger partial charge in [0.15, 0.2) is 0 Å². The summed E-state index contributed by atoms with van der Waals surface area (Å²) < 4.78 is 37.4. The van der Waals surface area contributed by atoms with Crippen LogP contribution >= 0.6 is 0 Å². The molecule has 1 amide bonds. The predicted octanol–water partition coefficient (Wildman–Crippen LogP) is 2.44. The predicted molar refractivity (Wildman–Crippen MR) is 73.5 cm³/mol. The van der Waals surface area contributed by atoms with Crippen LogP contribution < -0.4 is 5.73 Å². The van der Waals surface area contributed by atoms with E-state index in [1.54, 1.807) is 11.8 Å². The highest BCUT2D eigenvalue weighted by Gasteiger charge is 2.30. The highest BCUT2D eigenvalue weighted by atomic mass is 19.4. The maximum absolute atomic E-state index is 12.5. The van der Waals surface area contributed by atoms with Crippen LogP contribution in [0, 0.1) is 5.92 Å². The molecule has 1 heterocycles. The van der Waals surface area contributed by atoms with E-state index in [1.165, 1.54) is 12.1 Å². The Morgan fingerprint density at radius 1 is 1.38 bits per heavy atom. The van der Waals surface area contributed by atoms with E-state index in [0.29, 0.717) is 19.5 Å². The van der Waals surface area contributed by atoms with Crippen molar-refractivity contribution in [3.63, 3.8) is 0 Å². The Morgan fingerprint density at radius 2 is 2.00 bits per heavy atom. The lowest BCUT2D eigenvalue weighted by molar-refractivity contribution is -0.137. The lowest BCUT2D eigenvalue weighted by atomic mass is 9.99. The van der Waals surface area contributed by atoms with Crippen LogP contribution in [0.3, 0.4) is 0 Å². The molecule has 0 aliphatic carbocycles. The number of likely N-dealkylation sites (tertiary alicyclic amines) is 1. The van der Waals surface area contributed by atoms with Crippen LogP contribution in [-0.2, 0) is 17.4 Å². The first-order valence-corrected chi connectivity index (χ1v) is 6.98. The van der Waals surface area contributed by atoms with Crippen LogP contribution in [0.15, 0.2) is 24.3 Å². The summed E-state index contributed by atoms with van der Waals surface area (Å²) >= 11 is 0. The van der Waals surface area contributed by atoms with Crippen molar-refractivity contribution in [3.05, 3.63) is 35.4 Å². The fraction of sp³-hybridized carbons (Fsp3) is 0.533. The number of nitrogens with zero attached hydrogens (tertiary/aromatic N) is 1. The Labute approximate surface area is 121 Å². The molecule has 1 unspecified atom stereocenters. The Hall–Kier alpha value is -1.56. The van der Waals surface area contributed by atoms with Gasteiger partial charge >= 0.3 is 6.18 Å². The molecule has 2 rings (SSSR count). The number of halogens is 3. The second-order valence-electron chi connectivity index (χ2n) is 5.63. The van der Waals surface area contributed by atoms with Gasteiger partial charge in [-0.1, -0.05) is 19.1 Å². The zero-order valence-electron chi connectivity index (χ0n) is 11.9. The van der Waals surface area contributed by atoms with E-state index in [0.717, 1.165) is 24.1 Å². The van der Waals surface area contributed by atoms with Crippen LogP contribution in [0.25, 0.3) is 0 Å². The van der Waals surface area contributed by atoms with Gasteiger partial charge in [-0.05, 0) is 30.5 Å². The van der Waals surface area contributed by atoms with Crippen LogP contribution in [-0.4, -0.2) is 29.9 Å². The Bertz CT molecular complexity index is 499. The number of hydrogen-bond donors (Lipinski definition) is 1.